The summed E-state index contributed by atoms with van der Waals surface area (Å²) in [6.45, 7) is 8.82. The summed E-state index contributed by atoms with van der Waals surface area (Å²) in [4.78, 5) is 2.39. The van der Waals surface area contributed by atoms with Crippen LogP contribution in [0.3, 0.4) is 0 Å². The molecule has 0 aliphatic rings. The number of aromatic nitrogens is 1. The van der Waals surface area contributed by atoms with Crippen molar-refractivity contribution in [3.8, 4) is 5.69 Å². The standard InChI is InChI=1S/C48H36N2/c1-4-36(31-47-33(3)39-16-11-12-22-45(39)50(47)38-29-26-34-14-5-6-15-35(34)30-38)49(37-27-24-32(2)25-28-37)46-23-13-21-44-42-18-8-7-17-40(42)41-19-9-10-20-43(41)48(44)46/h4-31H,1H2,2-3H3/b36-31+. The number of para-hydroxylation sites is 1. The summed E-state index contributed by atoms with van der Waals surface area (Å²) < 4.78 is 2.40. The number of allylic oxidation sites excluding steroid dienone is 1. The Kier molecular flexibility index (Phi) is 7.10. The van der Waals surface area contributed by atoms with Crippen LogP contribution >= 0.6 is 0 Å². The van der Waals surface area contributed by atoms with Crippen LogP contribution in [0.4, 0.5) is 11.4 Å². The van der Waals surface area contributed by atoms with Crippen LogP contribution in [0.2, 0.25) is 0 Å². The van der Waals surface area contributed by atoms with Crippen LogP contribution in [0.25, 0.3) is 65.8 Å². The Hall–Kier alpha value is -6.38. The lowest BCUT2D eigenvalue weighted by Crippen LogP contribution is -2.16. The second-order valence-corrected chi connectivity index (χ2v) is 13.1. The van der Waals surface area contributed by atoms with Crippen LogP contribution in [-0.4, -0.2) is 4.57 Å². The number of benzene rings is 8. The van der Waals surface area contributed by atoms with E-state index < -0.39 is 0 Å². The van der Waals surface area contributed by atoms with E-state index in [9.17, 15) is 0 Å². The lowest BCUT2D eigenvalue weighted by molar-refractivity contribution is 1.09. The van der Waals surface area contributed by atoms with E-state index in [0.717, 1.165) is 28.5 Å². The number of hydrogen-bond acceptors (Lipinski definition) is 1. The normalized spacial score (nSPS) is 12.0. The third kappa shape index (κ3) is 4.72. The Labute approximate surface area is 292 Å². The van der Waals surface area contributed by atoms with E-state index >= 15 is 0 Å². The van der Waals surface area contributed by atoms with Crippen molar-refractivity contribution in [3.63, 3.8) is 0 Å². The van der Waals surface area contributed by atoms with Crippen molar-refractivity contribution in [2.45, 2.75) is 13.8 Å². The predicted octanol–water partition coefficient (Wildman–Crippen LogP) is 13.2. The molecule has 0 amide bonds. The zero-order chi connectivity index (χ0) is 33.8. The Morgan fingerprint density at radius 2 is 1.14 bits per heavy atom. The molecule has 1 heterocycles. The summed E-state index contributed by atoms with van der Waals surface area (Å²) in [7, 11) is 0. The minimum absolute atomic E-state index is 0.992. The molecule has 2 heteroatoms. The molecule has 0 atom stereocenters. The molecule has 238 valence electrons. The fourth-order valence-electron chi connectivity index (χ4n) is 7.79. The molecule has 1 aromatic heterocycles. The number of anilines is 2. The summed E-state index contributed by atoms with van der Waals surface area (Å²) >= 11 is 0. The molecule has 0 aliphatic heterocycles. The van der Waals surface area contributed by atoms with E-state index in [1.165, 1.54) is 65.1 Å². The third-order valence-electron chi connectivity index (χ3n) is 10.2. The van der Waals surface area contributed by atoms with Gasteiger partial charge < -0.3 is 9.47 Å². The van der Waals surface area contributed by atoms with Crippen molar-refractivity contribution in [1.82, 2.24) is 4.57 Å². The second kappa shape index (κ2) is 11.9. The molecule has 0 spiro atoms. The highest BCUT2D eigenvalue weighted by molar-refractivity contribution is 6.28. The van der Waals surface area contributed by atoms with Gasteiger partial charge in [-0.05, 0) is 106 Å². The molecule has 0 bridgehead atoms. The number of nitrogens with zero attached hydrogens (tertiary/aromatic N) is 2. The molecule has 2 nitrogen and oxygen atoms in total. The fourth-order valence-corrected chi connectivity index (χ4v) is 7.79. The largest absolute Gasteiger partial charge is 0.310 e. The molecule has 8 aromatic carbocycles. The number of hydrogen-bond donors (Lipinski definition) is 0. The van der Waals surface area contributed by atoms with Crippen molar-refractivity contribution in [3.05, 3.63) is 193 Å². The molecule has 0 unspecified atom stereocenters. The first-order valence-corrected chi connectivity index (χ1v) is 17.2. The van der Waals surface area contributed by atoms with Crippen molar-refractivity contribution >= 4 is 71.4 Å². The lowest BCUT2D eigenvalue weighted by atomic mass is 9.93. The van der Waals surface area contributed by atoms with Gasteiger partial charge in [0.15, 0.2) is 0 Å². The molecule has 9 rings (SSSR count). The first-order chi connectivity index (χ1) is 24.6. The average molecular weight is 641 g/mol. The second-order valence-electron chi connectivity index (χ2n) is 13.1. The average Bonchev–Trinajstić information content (AvgIpc) is 3.45. The van der Waals surface area contributed by atoms with E-state index in [1.807, 2.05) is 6.08 Å². The van der Waals surface area contributed by atoms with Gasteiger partial charge in [0, 0.05) is 27.8 Å². The van der Waals surface area contributed by atoms with Gasteiger partial charge in [0.1, 0.15) is 0 Å². The van der Waals surface area contributed by atoms with Gasteiger partial charge in [0.05, 0.1) is 16.9 Å². The number of rotatable bonds is 6. The third-order valence-corrected chi connectivity index (χ3v) is 10.2. The molecule has 9 aromatic rings. The van der Waals surface area contributed by atoms with E-state index in [-0.39, 0.29) is 0 Å². The van der Waals surface area contributed by atoms with E-state index in [2.05, 4.69) is 194 Å². The van der Waals surface area contributed by atoms with Gasteiger partial charge >= 0.3 is 0 Å². The first kappa shape index (κ1) is 29.7. The maximum absolute atomic E-state index is 4.45. The SMILES string of the molecule is C=C/C(=C\c1c(C)c2ccccc2n1-c1ccc2ccccc2c1)N(c1ccc(C)cc1)c1cccc2c3ccccc3c3ccccc3c12. The topological polar surface area (TPSA) is 8.17 Å². The Morgan fingerprint density at radius 3 is 1.84 bits per heavy atom. The number of fused-ring (bicyclic) bond motifs is 8. The molecule has 0 saturated heterocycles. The van der Waals surface area contributed by atoms with Gasteiger partial charge in [-0.1, -0.05) is 133 Å². The van der Waals surface area contributed by atoms with Gasteiger partial charge in [-0.2, -0.15) is 0 Å². The summed E-state index contributed by atoms with van der Waals surface area (Å²) in [5, 5.41) is 11.2. The van der Waals surface area contributed by atoms with Crippen molar-refractivity contribution < 1.29 is 0 Å². The summed E-state index contributed by atoms with van der Waals surface area (Å²) in [6.07, 6.45) is 4.32. The summed E-state index contributed by atoms with van der Waals surface area (Å²) in [6, 6.07) is 57.2. The predicted molar refractivity (Wildman–Crippen MR) is 216 cm³/mol. The molecule has 50 heavy (non-hydrogen) atoms. The fraction of sp³-hybridized carbons (Fsp3) is 0.0417. The first-order valence-electron chi connectivity index (χ1n) is 17.2. The molecular formula is C48H36N2. The Balaban J connectivity index is 1.36. The lowest BCUT2D eigenvalue weighted by Gasteiger charge is -2.29. The molecule has 0 saturated carbocycles. The molecule has 0 aliphatic carbocycles. The quantitative estimate of drug-likeness (QED) is 0.130. The smallest absolute Gasteiger partial charge is 0.0546 e. The van der Waals surface area contributed by atoms with Crippen molar-refractivity contribution in [2.24, 2.45) is 0 Å². The van der Waals surface area contributed by atoms with Gasteiger partial charge in [0.2, 0.25) is 0 Å². The summed E-state index contributed by atoms with van der Waals surface area (Å²) in [5.74, 6) is 0. The maximum Gasteiger partial charge on any atom is 0.0546 e. The monoisotopic (exact) mass is 640 g/mol. The van der Waals surface area contributed by atoms with Gasteiger partial charge in [-0.15, -0.1) is 0 Å². The highest BCUT2D eigenvalue weighted by Gasteiger charge is 2.21. The van der Waals surface area contributed by atoms with Gasteiger partial charge in [-0.3, -0.25) is 0 Å². The van der Waals surface area contributed by atoms with Crippen LogP contribution < -0.4 is 4.90 Å². The van der Waals surface area contributed by atoms with Crippen molar-refractivity contribution in [1.29, 1.82) is 0 Å². The number of aryl methyl sites for hydroxylation is 2. The van der Waals surface area contributed by atoms with Gasteiger partial charge in [-0.25, -0.2) is 0 Å². The minimum atomic E-state index is 0.992. The van der Waals surface area contributed by atoms with E-state index in [0.29, 0.717) is 0 Å². The maximum atomic E-state index is 4.45. The molecule has 0 fully saturated rings. The zero-order valence-electron chi connectivity index (χ0n) is 28.3. The molecule has 0 radical (unpaired) electrons. The van der Waals surface area contributed by atoms with Crippen LogP contribution in [0.5, 0.6) is 0 Å². The highest BCUT2D eigenvalue weighted by atomic mass is 15.2. The zero-order valence-corrected chi connectivity index (χ0v) is 28.3. The van der Waals surface area contributed by atoms with Crippen LogP contribution in [0.1, 0.15) is 16.8 Å². The Bertz CT molecular complexity index is 2750. The highest BCUT2D eigenvalue weighted by Crippen LogP contribution is 2.44. The Morgan fingerprint density at radius 1 is 0.560 bits per heavy atom. The molecule has 0 N–H and O–H groups in total. The van der Waals surface area contributed by atoms with E-state index in [4.69, 9.17) is 0 Å². The van der Waals surface area contributed by atoms with Crippen LogP contribution in [-0.2, 0) is 0 Å². The van der Waals surface area contributed by atoms with Crippen LogP contribution in [0.15, 0.2) is 176 Å². The van der Waals surface area contributed by atoms with Crippen molar-refractivity contribution in [2.75, 3.05) is 4.90 Å². The summed E-state index contributed by atoms with van der Waals surface area (Å²) in [5.41, 5.74) is 9.08. The van der Waals surface area contributed by atoms with Crippen LogP contribution in [0, 0.1) is 13.8 Å². The minimum Gasteiger partial charge on any atom is -0.310 e. The molecular weight excluding hydrogens is 605 g/mol. The van der Waals surface area contributed by atoms with E-state index in [1.54, 1.807) is 0 Å². The van der Waals surface area contributed by atoms with Gasteiger partial charge in [0.25, 0.3) is 0 Å².